The number of aryl methyl sites for hydroxylation is 1. The lowest BCUT2D eigenvalue weighted by Gasteiger charge is -2.30. The lowest BCUT2D eigenvalue weighted by atomic mass is 9.87. The van der Waals surface area contributed by atoms with Gasteiger partial charge in [-0.2, -0.15) is 17.6 Å². The zero-order chi connectivity index (χ0) is 32.4. The van der Waals surface area contributed by atoms with Crippen LogP contribution in [0, 0.1) is 40.8 Å². The van der Waals surface area contributed by atoms with E-state index in [0.717, 1.165) is 12.1 Å². The first kappa shape index (κ1) is 33.1. The van der Waals surface area contributed by atoms with E-state index in [4.69, 9.17) is 4.74 Å². The van der Waals surface area contributed by atoms with Gasteiger partial charge in [0.05, 0.1) is 17.6 Å². The molecule has 1 saturated carbocycles. The third-order valence-corrected chi connectivity index (χ3v) is 6.94. The second kappa shape index (κ2) is 13.0. The predicted molar refractivity (Wildman–Crippen MR) is 134 cm³/mol. The molecule has 1 aliphatic rings. The highest BCUT2D eigenvalue weighted by Crippen LogP contribution is 2.41. The number of hydrogen-bond acceptors (Lipinski definition) is 4. The molecule has 0 unspecified atom stereocenters. The minimum absolute atomic E-state index is 0.0843. The van der Waals surface area contributed by atoms with Crippen molar-refractivity contribution in [2.24, 2.45) is 5.92 Å². The molecule has 0 N–H and O–H groups in total. The Bertz CT molecular complexity index is 1470. The van der Waals surface area contributed by atoms with Crippen molar-refractivity contribution in [2.75, 3.05) is 0 Å². The molecule has 0 radical (unpaired) electrons. The second-order valence-electron chi connectivity index (χ2n) is 10.2. The molecule has 1 aliphatic carbocycles. The first-order valence-electron chi connectivity index (χ1n) is 13.4. The van der Waals surface area contributed by atoms with Crippen molar-refractivity contribution in [1.29, 1.82) is 0 Å². The van der Waals surface area contributed by atoms with E-state index >= 15 is 0 Å². The molecule has 0 amide bonds. The van der Waals surface area contributed by atoms with E-state index in [0.29, 0.717) is 30.5 Å². The summed E-state index contributed by atoms with van der Waals surface area (Å²) in [6, 6.07) is 3.92. The minimum atomic E-state index is -4.59. The average Bonchev–Trinajstić information content (AvgIpc) is 2.91. The molecule has 0 bridgehead atoms. The van der Waals surface area contributed by atoms with E-state index in [1.54, 1.807) is 6.92 Å². The lowest BCUT2D eigenvalue weighted by molar-refractivity contribution is -0.280. The summed E-state index contributed by atoms with van der Waals surface area (Å²) in [5.74, 6) is -13.9. The van der Waals surface area contributed by atoms with E-state index in [1.807, 2.05) is 0 Å². The van der Waals surface area contributed by atoms with Crippen molar-refractivity contribution >= 4 is 5.97 Å². The molecule has 3 aromatic rings. The van der Waals surface area contributed by atoms with Gasteiger partial charge in [0.2, 0.25) is 0 Å². The molecule has 0 aliphatic heterocycles. The number of benzene rings is 3. The normalized spacial score (nSPS) is 17.4. The Morgan fingerprint density at radius 2 is 1.32 bits per heavy atom. The van der Waals surface area contributed by atoms with Crippen LogP contribution in [-0.4, -0.2) is 12.1 Å². The Morgan fingerprint density at radius 3 is 1.86 bits per heavy atom. The summed E-state index contributed by atoms with van der Waals surface area (Å²) in [6.07, 6.45) is -9.96. The van der Waals surface area contributed by atoms with E-state index < -0.39 is 87.7 Å². The summed E-state index contributed by atoms with van der Waals surface area (Å²) < 4.78 is 156. The fraction of sp³-hybridized carbons (Fsp3) is 0.367. The fourth-order valence-corrected chi connectivity index (χ4v) is 4.80. The van der Waals surface area contributed by atoms with Gasteiger partial charge in [-0.25, -0.2) is 26.3 Å². The van der Waals surface area contributed by atoms with E-state index in [1.165, 1.54) is 6.07 Å². The molecule has 238 valence electrons. The molecule has 0 saturated heterocycles. The Kier molecular flexibility index (Phi) is 9.81. The predicted octanol–water partition coefficient (Wildman–Crippen LogP) is 8.83. The molecular weight excluding hydrogens is 614 g/mol. The summed E-state index contributed by atoms with van der Waals surface area (Å²) in [4.78, 5) is 12.3. The van der Waals surface area contributed by atoms with Gasteiger partial charge in [0.25, 0.3) is 0 Å². The van der Waals surface area contributed by atoms with Gasteiger partial charge < -0.3 is 14.2 Å². The highest BCUT2D eigenvalue weighted by atomic mass is 19.3. The Balaban J connectivity index is 1.39. The van der Waals surface area contributed by atoms with Crippen molar-refractivity contribution in [1.82, 2.24) is 0 Å². The van der Waals surface area contributed by atoms with Crippen molar-refractivity contribution in [2.45, 2.75) is 63.8 Å². The summed E-state index contributed by atoms with van der Waals surface area (Å²) in [5, 5.41) is 0. The zero-order valence-electron chi connectivity index (χ0n) is 22.9. The molecule has 4 nitrogen and oxygen atoms in total. The summed E-state index contributed by atoms with van der Waals surface area (Å²) in [6.45, 7) is 1.79. The van der Waals surface area contributed by atoms with Crippen LogP contribution in [0.25, 0.3) is 0 Å². The third kappa shape index (κ3) is 7.45. The van der Waals surface area contributed by atoms with Gasteiger partial charge in [-0.3, -0.25) is 4.79 Å². The van der Waals surface area contributed by atoms with Crippen molar-refractivity contribution in [3.63, 3.8) is 0 Å². The molecular formula is C30H24F10O4. The van der Waals surface area contributed by atoms with Crippen LogP contribution < -0.4 is 9.47 Å². The summed E-state index contributed by atoms with van der Waals surface area (Å²) >= 11 is 0. The van der Waals surface area contributed by atoms with Crippen LogP contribution in [0.2, 0.25) is 0 Å². The summed E-state index contributed by atoms with van der Waals surface area (Å²) in [7, 11) is 0. The van der Waals surface area contributed by atoms with Crippen LogP contribution in [0.5, 0.6) is 11.5 Å². The standard InChI is InChI=1S/C30H24F10O4/c1-2-3-15-4-9-20(21(31)10-15)29(37,38)44-19-13-22(32)26(23(33)14-19)30(39,40)43-17-7-5-16(6-8-17)28(41)42-18-11-24(34)27(36)25(35)12-18/h4,9-14,16-17H,2-3,5-8H2,1H3. The van der Waals surface area contributed by atoms with Crippen LogP contribution in [0.4, 0.5) is 43.9 Å². The maximum absolute atomic E-state index is 14.9. The van der Waals surface area contributed by atoms with Crippen molar-refractivity contribution < 1.29 is 62.9 Å². The third-order valence-electron chi connectivity index (χ3n) is 6.94. The van der Waals surface area contributed by atoms with Gasteiger partial charge in [0.1, 0.15) is 34.5 Å². The number of esters is 1. The fourth-order valence-electron chi connectivity index (χ4n) is 4.80. The second-order valence-corrected chi connectivity index (χ2v) is 10.2. The smallest absolute Gasteiger partial charge is 0.429 e. The number of ether oxygens (including phenoxy) is 3. The zero-order valence-corrected chi connectivity index (χ0v) is 22.9. The number of carbonyl (C=O) groups is 1. The Morgan fingerprint density at radius 1 is 0.750 bits per heavy atom. The van der Waals surface area contributed by atoms with Crippen LogP contribution in [0.3, 0.4) is 0 Å². The number of alkyl halides is 4. The number of rotatable bonds is 10. The van der Waals surface area contributed by atoms with Crippen LogP contribution in [-0.2, 0) is 28.2 Å². The van der Waals surface area contributed by atoms with E-state index in [9.17, 15) is 48.7 Å². The minimum Gasteiger partial charge on any atom is -0.429 e. The van der Waals surface area contributed by atoms with Crippen LogP contribution >= 0.6 is 0 Å². The Labute approximate surface area is 244 Å². The molecule has 44 heavy (non-hydrogen) atoms. The monoisotopic (exact) mass is 638 g/mol. The highest BCUT2D eigenvalue weighted by molar-refractivity contribution is 5.75. The van der Waals surface area contributed by atoms with E-state index in [-0.39, 0.29) is 37.8 Å². The van der Waals surface area contributed by atoms with Crippen molar-refractivity contribution in [3.8, 4) is 11.5 Å². The van der Waals surface area contributed by atoms with Gasteiger partial charge in [0, 0.05) is 24.3 Å². The highest BCUT2D eigenvalue weighted by Gasteiger charge is 2.44. The molecule has 4 rings (SSSR count). The first-order chi connectivity index (χ1) is 20.6. The molecule has 14 heteroatoms. The molecule has 3 aromatic carbocycles. The quantitative estimate of drug-likeness (QED) is 0.0964. The van der Waals surface area contributed by atoms with Gasteiger partial charge >= 0.3 is 18.2 Å². The maximum Gasteiger partial charge on any atom is 0.429 e. The molecule has 0 aromatic heterocycles. The van der Waals surface area contributed by atoms with Gasteiger partial charge in [-0.05, 0) is 49.8 Å². The van der Waals surface area contributed by atoms with Gasteiger partial charge in [0.15, 0.2) is 17.5 Å². The molecule has 0 atom stereocenters. The topological polar surface area (TPSA) is 44.8 Å². The molecule has 0 heterocycles. The van der Waals surface area contributed by atoms with Crippen LogP contribution in [0.1, 0.15) is 55.7 Å². The van der Waals surface area contributed by atoms with Gasteiger partial charge in [-0.1, -0.05) is 19.4 Å². The maximum atomic E-state index is 14.9. The lowest BCUT2D eigenvalue weighted by Crippen LogP contribution is -2.33. The number of carbonyl (C=O) groups excluding carboxylic acids is 1. The SMILES string of the molecule is CCCc1ccc(C(F)(F)Oc2cc(F)c(C(F)(F)OC3CCC(C(=O)Oc4cc(F)c(F)c(F)c4)CC3)c(F)c2)c(F)c1. The number of hydrogen-bond donors (Lipinski definition) is 0. The van der Waals surface area contributed by atoms with Crippen LogP contribution in [0.15, 0.2) is 42.5 Å². The summed E-state index contributed by atoms with van der Waals surface area (Å²) in [5.41, 5.74) is -2.68. The number of halogens is 10. The van der Waals surface area contributed by atoms with E-state index in [2.05, 4.69) is 9.47 Å². The van der Waals surface area contributed by atoms with Gasteiger partial charge in [-0.15, -0.1) is 0 Å². The average molecular weight is 638 g/mol. The Hall–Kier alpha value is -3.81. The molecule has 0 spiro atoms. The van der Waals surface area contributed by atoms with Crippen molar-refractivity contribution in [3.05, 3.63) is 94.1 Å². The largest absolute Gasteiger partial charge is 0.429 e. The molecule has 1 fully saturated rings. The first-order valence-corrected chi connectivity index (χ1v) is 13.4.